The van der Waals surface area contributed by atoms with Crippen molar-refractivity contribution >= 4 is 17.4 Å². The lowest BCUT2D eigenvalue weighted by Crippen LogP contribution is -2.32. The molecule has 0 saturated carbocycles. The first-order chi connectivity index (χ1) is 15.5. The Labute approximate surface area is 187 Å². The van der Waals surface area contributed by atoms with E-state index < -0.39 is 17.7 Å². The summed E-state index contributed by atoms with van der Waals surface area (Å²) in [5.41, 5.74) is 1.14. The van der Waals surface area contributed by atoms with Crippen LogP contribution < -0.4 is 9.47 Å². The number of Topliss-reactive ketones (excluding diaryl/α,β-unsaturated/α-hetero) is 1. The van der Waals surface area contributed by atoms with E-state index in [1.54, 1.807) is 54.6 Å². The zero-order valence-corrected chi connectivity index (χ0v) is 18.2. The number of amides is 1. The number of rotatable bonds is 10. The number of likely N-dealkylation sites (tertiary alicyclic amines) is 1. The van der Waals surface area contributed by atoms with E-state index in [1.807, 2.05) is 6.92 Å². The molecular formula is C25H27NO6. The van der Waals surface area contributed by atoms with Crippen molar-refractivity contribution in [3.8, 4) is 11.5 Å². The van der Waals surface area contributed by atoms with Crippen molar-refractivity contribution < 1.29 is 28.9 Å². The molecule has 1 amide bonds. The van der Waals surface area contributed by atoms with E-state index >= 15 is 0 Å². The van der Waals surface area contributed by atoms with Crippen LogP contribution in [0.2, 0.25) is 0 Å². The smallest absolute Gasteiger partial charge is 0.295 e. The van der Waals surface area contributed by atoms with E-state index in [-0.39, 0.29) is 24.5 Å². The van der Waals surface area contributed by atoms with Gasteiger partial charge in [0, 0.05) is 19.2 Å². The van der Waals surface area contributed by atoms with Crippen LogP contribution in [0.25, 0.3) is 5.76 Å². The number of carbonyl (C=O) groups excluding carboxylic acids is 2. The van der Waals surface area contributed by atoms with Crippen molar-refractivity contribution in [2.75, 3.05) is 33.5 Å². The van der Waals surface area contributed by atoms with E-state index in [4.69, 9.17) is 14.2 Å². The highest BCUT2D eigenvalue weighted by molar-refractivity contribution is 6.46. The van der Waals surface area contributed by atoms with Gasteiger partial charge in [-0.3, -0.25) is 9.59 Å². The van der Waals surface area contributed by atoms with Crippen molar-refractivity contribution in [3.63, 3.8) is 0 Å². The molecule has 32 heavy (non-hydrogen) atoms. The Morgan fingerprint density at radius 3 is 2.28 bits per heavy atom. The van der Waals surface area contributed by atoms with Gasteiger partial charge in [-0.1, -0.05) is 24.8 Å². The summed E-state index contributed by atoms with van der Waals surface area (Å²) in [4.78, 5) is 27.2. The predicted octanol–water partition coefficient (Wildman–Crippen LogP) is 3.72. The molecule has 1 heterocycles. The highest BCUT2D eigenvalue weighted by Gasteiger charge is 2.45. The number of aliphatic hydroxyl groups excluding tert-OH is 1. The van der Waals surface area contributed by atoms with Gasteiger partial charge in [0.2, 0.25) is 0 Å². The zero-order chi connectivity index (χ0) is 23.1. The van der Waals surface area contributed by atoms with E-state index in [1.165, 1.54) is 12.0 Å². The second kappa shape index (κ2) is 10.6. The molecular weight excluding hydrogens is 410 g/mol. The quantitative estimate of drug-likeness (QED) is 0.264. The van der Waals surface area contributed by atoms with Gasteiger partial charge < -0.3 is 24.2 Å². The number of methoxy groups -OCH3 is 1. The van der Waals surface area contributed by atoms with Crippen molar-refractivity contribution in [2.45, 2.75) is 13.0 Å². The van der Waals surface area contributed by atoms with E-state index in [0.717, 1.165) is 0 Å². The number of carbonyl (C=O) groups is 2. The molecule has 2 aromatic rings. The minimum atomic E-state index is -0.738. The number of ketones is 1. The van der Waals surface area contributed by atoms with Gasteiger partial charge in [-0.25, -0.2) is 0 Å². The fraction of sp³-hybridized carbons (Fsp3) is 0.280. The van der Waals surface area contributed by atoms with Gasteiger partial charge in [-0.15, -0.1) is 0 Å². The van der Waals surface area contributed by atoms with Crippen LogP contribution in [-0.2, 0) is 14.3 Å². The van der Waals surface area contributed by atoms with Crippen LogP contribution in [0, 0.1) is 0 Å². The average molecular weight is 437 g/mol. The number of aliphatic hydroxyl groups is 1. The Balaban J connectivity index is 2.04. The normalized spacial score (nSPS) is 17.4. The molecule has 0 aromatic heterocycles. The Bertz CT molecular complexity index is 994. The Hall–Kier alpha value is -3.58. The largest absolute Gasteiger partial charge is 0.507 e. The van der Waals surface area contributed by atoms with Gasteiger partial charge >= 0.3 is 0 Å². The van der Waals surface area contributed by atoms with Crippen LogP contribution in [0.3, 0.4) is 0 Å². The molecule has 3 rings (SSSR count). The number of hydrogen-bond donors (Lipinski definition) is 1. The van der Waals surface area contributed by atoms with Crippen molar-refractivity contribution in [1.82, 2.24) is 4.90 Å². The minimum Gasteiger partial charge on any atom is -0.507 e. The zero-order valence-electron chi connectivity index (χ0n) is 18.2. The maximum atomic E-state index is 12.9. The highest BCUT2D eigenvalue weighted by atomic mass is 16.5. The number of hydrogen-bond acceptors (Lipinski definition) is 6. The summed E-state index contributed by atoms with van der Waals surface area (Å²) >= 11 is 0. The first-order valence-electron chi connectivity index (χ1n) is 10.4. The SMILES string of the molecule is C=CCOc1ccc(C(O)=C2C(=O)C(=O)N(CCOC)[C@@H]2c2ccc(OCC)cc2)cc1. The van der Waals surface area contributed by atoms with Crippen LogP contribution >= 0.6 is 0 Å². The monoisotopic (exact) mass is 437 g/mol. The summed E-state index contributed by atoms with van der Waals surface area (Å²) in [6.07, 6.45) is 1.63. The summed E-state index contributed by atoms with van der Waals surface area (Å²) < 4.78 is 16.1. The molecule has 1 N–H and O–H groups in total. The summed E-state index contributed by atoms with van der Waals surface area (Å²) in [5.74, 6) is -0.361. The molecule has 168 valence electrons. The molecule has 2 aromatic carbocycles. The molecule has 0 bridgehead atoms. The maximum Gasteiger partial charge on any atom is 0.295 e. The molecule has 1 aliphatic heterocycles. The molecule has 1 fully saturated rings. The van der Waals surface area contributed by atoms with Crippen LogP contribution in [0.15, 0.2) is 66.8 Å². The summed E-state index contributed by atoms with van der Waals surface area (Å²) in [5, 5.41) is 11.1. The molecule has 7 nitrogen and oxygen atoms in total. The van der Waals surface area contributed by atoms with Gasteiger partial charge in [0.25, 0.3) is 11.7 Å². The Kier molecular flexibility index (Phi) is 7.68. The molecule has 0 aliphatic carbocycles. The third kappa shape index (κ3) is 4.84. The standard InChI is InChI=1S/C25H27NO6/c1-4-15-32-20-12-8-18(9-13-20)23(27)21-22(17-6-10-19(11-7-17)31-5-2)26(14-16-30-3)25(29)24(21)28/h4,6-13,22,27H,1,5,14-16H2,2-3H3/t22-/m1/s1. The topological polar surface area (TPSA) is 85.3 Å². The maximum absolute atomic E-state index is 12.9. The molecule has 0 radical (unpaired) electrons. The second-order valence-electron chi connectivity index (χ2n) is 7.11. The Morgan fingerprint density at radius 2 is 1.69 bits per heavy atom. The molecule has 1 saturated heterocycles. The lowest BCUT2D eigenvalue weighted by Gasteiger charge is -2.25. The lowest BCUT2D eigenvalue weighted by molar-refractivity contribution is -0.140. The van der Waals surface area contributed by atoms with Crippen LogP contribution in [0.5, 0.6) is 11.5 Å². The second-order valence-corrected chi connectivity index (χ2v) is 7.11. The van der Waals surface area contributed by atoms with Crippen LogP contribution in [-0.4, -0.2) is 55.2 Å². The molecule has 7 heteroatoms. The highest BCUT2D eigenvalue weighted by Crippen LogP contribution is 2.39. The Morgan fingerprint density at radius 1 is 1.06 bits per heavy atom. The van der Waals surface area contributed by atoms with Gasteiger partial charge in [-0.2, -0.15) is 0 Å². The number of ether oxygens (including phenoxy) is 3. The summed E-state index contributed by atoms with van der Waals surface area (Å²) in [7, 11) is 1.53. The van der Waals surface area contributed by atoms with Gasteiger partial charge in [0.15, 0.2) is 0 Å². The van der Waals surface area contributed by atoms with E-state index in [0.29, 0.717) is 35.8 Å². The number of nitrogens with zero attached hydrogens (tertiary/aromatic N) is 1. The van der Waals surface area contributed by atoms with E-state index in [9.17, 15) is 14.7 Å². The van der Waals surface area contributed by atoms with Gasteiger partial charge in [0.05, 0.1) is 24.8 Å². The first kappa shape index (κ1) is 23.1. The van der Waals surface area contributed by atoms with Gasteiger partial charge in [-0.05, 0) is 48.9 Å². The van der Waals surface area contributed by atoms with Crippen molar-refractivity contribution in [1.29, 1.82) is 0 Å². The van der Waals surface area contributed by atoms with Crippen molar-refractivity contribution in [3.05, 3.63) is 77.9 Å². The predicted molar refractivity (Wildman–Crippen MR) is 121 cm³/mol. The fourth-order valence-electron chi connectivity index (χ4n) is 3.58. The van der Waals surface area contributed by atoms with Crippen LogP contribution in [0.1, 0.15) is 24.1 Å². The average Bonchev–Trinajstić information content (AvgIpc) is 3.06. The van der Waals surface area contributed by atoms with Crippen molar-refractivity contribution in [2.24, 2.45) is 0 Å². The summed E-state index contributed by atoms with van der Waals surface area (Å²) in [6.45, 7) is 6.85. The molecule has 1 aliphatic rings. The van der Waals surface area contributed by atoms with Gasteiger partial charge in [0.1, 0.15) is 23.9 Å². The third-order valence-electron chi connectivity index (χ3n) is 5.08. The van der Waals surface area contributed by atoms with E-state index in [2.05, 4.69) is 6.58 Å². The summed E-state index contributed by atoms with van der Waals surface area (Å²) in [6, 6.07) is 13.1. The molecule has 0 spiro atoms. The van der Waals surface area contributed by atoms with Crippen LogP contribution in [0.4, 0.5) is 0 Å². The molecule has 1 atom stereocenters. The first-order valence-corrected chi connectivity index (χ1v) is 10.4. The lowest BCUT2D eigenvalue weighted by atomic mass is 9.95. The molecule has 0 unspecified atom stereocenters. The third-order valence-corrected chi connectivity index (χ3v) is 5.08. The fourth-order valence-corrected chi connectivity index (χ4v) is 3.58. The number of benzene rings is 2. The minimum absolute atomic E-state index is 0.0371.